The highest BCUT2D eigenvalue weighted by Crippen LogP contribution is 2.40. The van der Waals surface area contributed by atoms with E-state index in [1.54, 1.807) is 28.9 Å². The van der Waals surface area contributed by atoms with Gasteiger partial charge in [-0.3, -0.25) is 33.7 Å². The molecule has 9 rings (SSSR count). The largest absolute Gasteiger partial charge is 0.494 e. The number of amides is 4. The number of aliphatic hydroxyl groups excluding tert-OH is 1. The van der Waals surface area contributed by atoms with Crippen LogP contribution < -0.4 is 20.7 Å². The number of anilines is 1. The van der Waals surface area contributed by atoms with Crippen LogP contribution in [0.5, 0.6) is 5.75 Å². The van der Waals surface area contributed by atoms with Crippen LogP contribution in [0.15, 0.2) is 95.7 Å². The molecule has 0 saturated carbocycles. The molecule has 0 spiro atoms. The van der Waals surface area contributed by atoms with E-state index in [4.69, 9.17) is 26.1 Å². The van der Waals surface area contributed by atoms with Crippen molar-refractivity contribution in [2.24, 2.45) is 10.4 Å². The number of rotatable bonds is 18. The zero-order valence-corrected chi connectivity index (χ0v) is 46.2. The number of halogens is 1. The maximum Gasteiger partial charge on any atom is 0.246 e. The van der Waals surface area contributed by atoms with Crippen LogP contribution in [0.3, 0.4) is 0 Å². The van der Waals surface area contributed by atoms with E-state index in [0.29, 0.717) is 41.1 Å². The number of aryl methyl sites for hydroxylation is 3. The summed E-state index contributed by atoms with van der Waals surface area (Å²) in [4.78, 5) is 76.5. The van der Waals surface area contributed by atoms with Gasteiger partial charge >= 0.3 is 0 Å². The van der Waals surface area contributed by atoms with Gasteiger partial charge < -0.3 is 35.4 Å². The fourth-order valence-corrected chi connectivity index (χ4v) is 11.4. The molecular weight excluding hydrogens is 1040 g/mol. The Hall–Kier alpha value is -7.23. The van der Waals surface area contributed by atoms with E-state index in [1.807, 2.05) is 117 Å². The van der Waals surface area contributed by atoms with Gasteiger partial charge in [0.2, 0.25) is 23.6 Å². The number of thiophene rings is 1. The van der Waals surface area contributed by atoms with Gasteiger partial charge in [0, 0.05) is 52.5 Å². The molecule has 77 heavy (non-hydrogen) atoms. The molecule has 4 N–H and O–H groups in total. The van der Waals surface area contributed by atoms with Crippen LogP contribution in [-0.4, -0.2) is 114 Å². The van der Waals surface area contributed by atoms with Crippen LogP contribution >= 0.6 is 34.3 Å². The second kappa shape index (κ2) is 23.6. The third kappa shape index (κ3) is 12.6. The second-order valence-corrected chi connectivity index (χ2v) is 22.7. The number of aromatic nitrogens is 6. The Morgan fingerprint density at radius 1 is 0.870 bits per heavy atom. The SMILES string of the molecule is Cc1ncsc1-c1ccc(CNC(=O)[C@@H]2C[C@@H](O)CN2C(=O)C(NC(=O)COCCCOc2ccc(-c3cnc(NC(=O)C[C@@H]4N=C(c5ccc(Cl)cc5)c5c(sc(C)c5C)-n5c(C)nnc54)cn3)cc2)C(C)(C)C)cc1. The van der Waals surface area contributed by atoms with Crippen LogP contribution in [0.2, 0.25) is 5.02 Å². The van der Waals surface area contributed by atoms with Gasteiger partial charge in [-0.1, -0.05) is 68.8 Å². The lowest BCUT2D eigenvalue weighted by Gasteiger charge is -2.35. The summed E-state index contributed by atoms with van der Waals surface area (Å²) in [5.41, 5.74) is 9.09. The first-order valence-corrected chi connectivity index (χ1v) is 27.3. The molecular formula is C56H60ClN11O7S2. The third-order valence-corrected chi connectivity index (χ3v) is 15.9. The summed E-state index contributed by atoms with van der Waals surface area (Å²) in [5.74, 6) is 0.559. The molecule has 1 saturated heterocycles. The molecule has 4 aromatic heterocycles. The molecule has 3 aromatic carbocycles. The summed E-state index contributed by atoms with van der Waals surface area (Å²) in [5, 5.41) is 29.7. The Morgan fingerprint density at radius 2 is 1.60 bits per heavy atom. The van der Waals surface area contributed by atoms with Crippen LogP contribution in [0, 0.1) is 33.1 Å². The van der Waals surface area contributed by atoms with E-state index < -0.39 is 41.5 Å². The number of nitrogens with zero attached hydrogens (tertiary/aromatic N) is 8. The first kappa shape index (κ1) is 54.6. The quantitative estimate of drug-likeness (QED) is 0.0595. The van der Waals surface area contributed by atoms with E-state index in [1.165, 1.54) is 11.1 Å². The Bertz CT molecular complexity index is 3300. The topological polar surface area (TPSA) is 228 Å². The van der Waals surface area contributed by atoms with E-state index in [2.05, 4.69) is 54.9 Å². The summed E-state index contributed by atoms with van der Waals surface area (Å²) in [6, 6.07) is 20.2. The maximum atomic E-state index is 14.0. The highest BCUT2D eigenvalue weighted by atomic mass is 35.5. The lowest BCUT2D eigenvalue weighted by atomic mass is 9.85. The van der Waals surface area contributed by atoms with Crippen LogP contribution in [0.4, 0.5) is 5.82 Å². The van der Waals surface area contributed by atoms with Crippen molar-refractivity contribution in [2.75, 3.05) is 31.7 Å². The van der Waals surface area contributed by atoms with Gasteiger partial charge in [0.1, 0.15) is 41.3 Å². The van der Waals surface area contributed by atoms with Crippen LogP contribution in [0.1, 0.15) is 90.5 Å². The standard InChI is InChI=1S/C56H60ClN11O7S2/c1-31-33(3)77-55-48(31)49(37-13-17-39(57)18-14-37)62-42(52-66-65-34(4)68(52)55)24-46(70)63-45-27-58-43(26-59-45)36-15-19-41(20-16-36)75-22-8-21-74-29-47(71)64-51(56(5,6)7)54(73)67-28-40(69)23-44(67)53(72)60-25-35-9-11-38(12-10-35)50-32(2)61-30-76-50/h9-20,26-27,30,40,42,44,51,69H,8,21-25,28-29H2,1-7H3,(H,60,72)(H,64,71)(H,59,63,70)/t40-,42+,44+,51?/m1/s1. The second-order valence-electron chi connectivity index (χ2n) is 20.2. The number of fused-ring (bicyclic) bond motifs is 3. The summed E-state index contributed by atoms with van der Waals surface area (Å²) in [6.07, 6.45) is 2.77. The molecule has 0 aliphatic carbocycles. The Morgan fingerprint density at radius 3 is 2.29 bits per heavy atom. The van der Waals surface area contributed by atoms with E-state index >= 15 is 0 Å². The number of aliphatic hydroxyl groups is 1. The normalized spacial score (nSPS) is 16.5. The smallest absolute Gasteiger partial charge is 0.246 e. The monoisotopic (exact) mass is 1100 g/mol. The zero-order chi connectivity index (χ0) is 54.5. The van der Waals surface area contributed by atoms with Crippen molar-refractivity contribution >= 4 is 69.4 Å². The summed E-state index contributed by atoms with van der Waals surface area (Å²) in [6.45, 7) is 14.0. The minimum Gasteiger partial charge on any atom is -0.494 e. The Kier molecular flexibility index (Phi) is 16.7. The van der Waals surface area contributed by atoms with Gasteiger partial charge in [0.05, 0.1) is 65.6 Å². The minimum atomic E-state index is -0.980. The molecule has 2 aliphatic rings. The number of carbonyl (C=O) groups excluding carboxylic acids is 4. The van der Waals surface area contributed by atoms with E-state index in [9.17, 15) is 24.3 Å². The average Bonchev–Trinajstić information content (AvgIpc) is 4.20. The molecule has 4 amide bonds. The lowest BCUT2D eigenvalue weighted by molar-refractivity contribution is -0.144. The number of thiazole rings is 1. The van der Waals surface area contributed by atoms with Crippen molar-refractivity contribution in [3.05, 3.63) is 140 Å². The first-order chi connectivity index (χ1) is 36.9. The fraction of sp³-hybridized carbons (Fsp3) is 0.357. The van der Waals surface area contributed by atoms with Crippen molar-refractivity contribution in [3.63, 3.8) is 0 Å². The van der Waals surface area contributed by atoms with Gasteiger partial charge in [0.25, 0.3) is 0 Å². The number of hydrogen-bond acceptors (Lipinski definition) is 15. The highest BCUT2D eigenvalue weighted by Gasteiger charge is 2.44. The van der Waals surface area contributed by atoms with Crippen molar-refractivity contribution in [3.8, 4) is 32.4 Å². The molecule has 2 aliphatic heterocycles. The predicted molar refractivity (Wildman–Crippen MR) is 297 cm³/mol. The molecule has 1 fully saturated rings. The van der Waals surface area contributed by atoms with Gasteiger partial charge in [0.15, 0.2) is 11.6 Å². The number of likely N-dealkylation sites (tertiary alicyclic amines) is 1. The van der Waals surface area contributed by atoms with E-state index in [0.717, 1.165) is 59.5 Å². The van der Waals surface area contributed by atoms with Crippen molar-refractivity contribution in [1.29, 1.82) is 0 Å². The number of ether oxygens (including phenoxy) is 2. The summed E-state index contributed by atoms with van der Waals surface area (Å²) >= 11 is 9.47. The molecule has 4 atom stereocenters. The molecule has 0 bridgehead atoms. The number of nitrogens with one attached hydrogen (secondary N) is 3. The molecule has 400 valence electrons. The van der Waals surface area contributed by atoms with Crippen LogP contribution in [0.25, 0.3) is 26.7 Å². The fourth-order valence-electron chi connectivity index (χ4n) is 9.26. The summed E-state index contributed by atoms with van der Waals surface area (Å²) < 4.78 is 13.6. The van der Waals surface area contributed by atoms with Crippen molar-refractivity contribution in [2.45, 2.75) is 98.5 Å². The lowest BCUT2D eigenvalue weighted by Crippen LogP contribution is -2.58. The zero-order valence-electron chi connectivity index (χ0n) is 43.8. The third-order valence-electron chi connectivity index (χ3n) is 13.5. The highest BCUT2D eigenvalue weighted by molar-refractivity contribution is 7.15. The summed E-state index contributed by atoms with van der Waals surface area (Å²) in [7, 11) is 0. The van der Waals surface area contributed by atoms with Gasteiger partial charge in [-0.25, -0.2) is 9.97 Å². The Balaban J connectivity index is 0.719. The molecule has 6 heterocycles. The number of aliphatic imine (C=N–C) groups is 1. The minimum absolute atomic E-state index is 0.0156. The molecule has 21 heteroatoms. The molecule has 1 unspecified atom stereocenters. The van der Waals surface area contributed by atoms with Crippen molar-refractivity contribution in [1.82, 2.24) is 45.2 Å². The van der Waals surface area contributed by atoms with Gasteiger partial charge in [-0.2, -0.15) is 0 Å². The van der Waals surface area contributed by atoms with E-state index in [-0.39, 0.29) is 56.8 Å². The molecule has 18 nitrogen and oxygen atoms in total. The van der Waals surface area contributed by atoms with Gasteiger partial charge in [-0.15, -0.1) is 32.9 Å². The maximum absolute atomic E-state index is 14.0. The van der Waals surface area contributed by atoms with Crippen LogP contribution in [-0.2, 0) is 30.5 Å². The number of carbonyl (C=O) groups is 4. The molecule has 0 radical (unpaired) electrons. The number of hydrogen-bond donors (Lipinski definition) is 4. The van der Waals surface area contributed by atoms with Crippen molar-refractivity contribution < 1.29 is 33.8 Å². The van der Waals surface area contributed by atoms with Gasteiger partial charge in [-0.05, 0) is 86.2 Å². The average molecular weight is 1100 g/mol. The number of β-amino-alcohol motifs (C(OH)–C–C–N with tert-alkyl or cyclic N) is 1. The number of benzene rings is 3. The molecule has 7 aromatic rings. The first-order valence-electron chi connectivity index (χ1n) is 25.3. The predicted octanol–water partition coefficient (Wildman–Crippen LogP) is 8.31. The Labute approximate surface area is 459 Å².